The van der Waals surface area contributed by atoms with Crippen molar-refractivity contribution in [3.63, 3.8) is 0 Å². The van der Waals surface area contributed by atoms with E-state index in [-0.39, 0.29) is 11.4 Å². The second-order valence-electron chi connectivity index (χ2n) is 3.91. The standard InChI is InChI=1S/C11H15FN2O2S2/c1-3-10(11(13)17)18(15,16)14-9-5-4-8(12)6-7(9)2/h4-6,10,14H,3H2,1-2H3,(H2,13,17). The number of nitrogens with one attached hydrogen (secondary N) is 1. The molecule has 0 heterocycles. The summed E-state index contributed by atoms with van der Waals surface area (Å²) in [6.07, 6.45) is 0.283. The molecule has 0 fully saturated rings. The Morgan fingerprint density at radius 3 is 2.61 bits per heavy atom. The van der Waals surface area contributed by atoms with E-state index in [1.807, 2.05) is 0 Å². The number of nitrogens with two attached hydrogens (primary N) is 1. The monoisotopic (exact) mass is 290 g/mol. The van der Waals surface area contributed by atoms with Crippen molar-refractivity contribution in [2.45, 2.75) is 25.5 Å². The van der Waals surface area contributed by atoms with E-state index in [0.29, 0.717) is 11.3 Å². The first-order valence-electron chi connectivity index (χ1n) is 5.35. The molecule has 0 saturated heterocycles. The van der Waals surface area contributed by atoms with Gasteiger partial charge in [0.05, 0.1) is 10.7 Å². The van der Waals surface area contributed by atoms with Crippen LogP contribution in [0.4, 0.5) is 10.1 Å². The molecule has 0 aromatic heterocycles. The maximum Gasteiger partial charge on any atom is 0.242 e. The molecule has 1 rings (SSSR count). The van der Waals surface area contributed by atoms with Crippen LogP contribution < -0.4 is 10.5 Å². The van der Waals surface area contributed by atoms with E-state index in [9.17, 15) is 12.8 Å². The maximum atomic E-state index is 12.9. The summed E-state index contributed by atoms with van der Waals surface area (Å²) in [6, 6.07) is 3.81. The molecule has 0 aliphatic heterocycles. The first-order chi connectivity index (χ1) is 8.27. The molecule has 0 amide bonds. The fourth-order valence-electron chi connectivity index (χ4n) is 1.54. The van der Waals surface area contributed by atoms with E-state index in [1.165, 1.54) is 18.2 Å². The van der Waals surface area contributed by atoms with Gasteiger partial charge in [-0.1, -0.05) is 19.1 Å². The Morgan fingerprint density at radius 1 is 1.56 bits per heavy atom. The van der Waals surface area contributed by atoms with Crippen LogP contribution in [0.25, 0.3) is 0 Å². The molecule has 0 saturated carbocycles. The van der Waals surface area contributed by atoms with Crippen molar-refractivity contribution >= 4 is 32.9 Å². The Bertz CT molecular complexity index is 558. The average molecular weight is 290 g/mol. The number of aryl methyl sites for hydroxylation is 1. The molecule has 0 aliphatic carbocycles. The second kappa shape index (κ2) is 5.62. The summed E-state index contributed by atoms with van der Waals surface area (Å²) in [5, 5.41) is -0.933. The minimum absolute atomic E-state index is 0.0789. The van der Waals surface area contributed by atoms with E-state index in [0.717, 1.165) is 0 Å². The molecule has 0 spiro atoms. The highest BCUT2D eigenvalue weighted by Gasteiger charge is 2.26. The molecule has 0 aliphatic rings. The zero-order valence-corrected chi connectivity index (χ0v) is 11.7. The molecule has 1 unspecified atom stereocenters. The number of benzene rings is 1. The smallest absolute Gasteiger partial charge is 0.242 e. The van der Waals surface area contributed by atoms with Gasteiger partial charge in [-0.15, -0.1) is 0 Å². The van der Waals surface area contributed by atoms with Crippen molar-refractivity contribution in [3.05, 3.63) is 29.6 Å². The molecule has 18 heavy (non-hydrogen) atoms. The van der Waals surface area contributed by atoms with Crippen LogP contribution in [-0.2, 0) is 10.0 Å². The van der Waals surface area contributed by atoms with Crippen LogP contribution in [0.5, 0.6) is 0 Å². The SMILES string of the molecule is CCC(C(N)=S)S(=O)(=O)Nc1ccc(F)cc1C. The number of hydrogen-bond donors (Lipinski definition) is 2. The van der Waals surface area contributed by atoms with Gasteiger partial charge in [0, 0.05) is 0 Å². The minimum atomic E-state index is -3.70. The van der Waals surface area contributed by atoms with E-state index in [4.69, 9.17) is 18.0 Å². The van der Waals surface area contributed by atoms with Gasteiger partial charge < -0.3 is 5.73 Å². The van der Waals surface area contributed by atoms with E-state index >= 15 is 0 Å². The van der Waals surface area contributed by atoms with Gasteiger partial charge in [0.25, 0.3) is 0 Å². The lowest BCUT2D eigenvalue weighted by Crippen LogP contribution is -2.37. The molecular formula is C11H15FN2O2S2. The first kappa shape index (κ1) is 14.8. The third kappa shape index (κ3) is 3.39. The van der Waals surface area contributed by atoms with Gasteiger partial charge in [-0.3, -0.25) is 4.72 Å². The predicted octanol–water partition coefficient (Wildman–Crippen LogP) is 1.94. The number of sulfonamides is 1. The lowest BCUT2D eigenvalue weighted by Gasteiger charge is -2.17. The molecular weight excluding hydrogens is 275 g/mol. The molecule has 100 valence electrons. The fourth-order valence-corrected chi connectivity index (χ4v) is 3.51. The molecule has 1 aromatic rings. The Kier molecular flexibility index (Phi) is 4.64. The van der Waals surface area contributed by atoms with Crippen molar-refractivity contribution in [1.29, 1.82) is 0 Å². The quantitative estimate of drug-likeness (QED) is 0.813. The maximum absolute atomic E-state index is 12.9. The van der Waals surface area contributed by atoms with Crippen molar-refractivity contribution < 1.29 is 12.8 Å². The molecule has 1 atom stereocenters. The van der Waals surface area contributed by atoms with Crippen LogP contribution in [0.3, 0.4) is 0 Å². The summed E-state index contributed by atoms with van der Waals surface area (Å²) in [5.41, 5.74) is 6.22. The van der Waals surface area contributed by atoms with Gasteiger partial charge >= 0.3 is 0 Å². The molecule has 3 N–H and O–H groups in total. The van der Waals surface area contributed by atoms with E-state index in [2.05, 4.69) is 4.72 Å². The van der Waals surface area contributed by atoms with Gasteiger partial charge in [0.2, 0.25) is 10.0 Å². The average Bonchev–Trinajstić information content (AvgIpc) is 2.22. The molecule has 0 radical (unpaired) electrons. The van der Waals surface area contributed by atoms with Gasteiger partial charge in [-0.2, -0.15) is 0 Å². The summed E-state index contributed by atoms with van der Waals surface area (Å²) in [4.78, 5) is -0.0789. The Hall–Kier alpha value is -1.21. The second-order valence-corrected chi connectivity index (χ2v) is 6.24. The lowest BCUT2D eigenvalue weighted by atomic mass is 10.2. The van der Waals surface area contributed by atoms with Gasteiger partial charge in [0.1, 0.15) is 11.1 Å². The van der Waals surface area contributed by atoms with Crippen molar-refractivity contribution in [2.75, 3.05) is 4.72 Å². The Balaban J connectivity index is 3.05. The third-order valence-electron chi connectivity index (χ3n) is 2.50. The first-order valence-corrected chi connectivity index (χ1v) is 7.30. The summed E-state index contributed by atoms with van der Waals surface area (Å²) in [5.74, 6) is -0.420. The molecule has 0 bridgehead atoms. The number of halogens is 1. The predicted molar refractivity (Wildman–Crippen MR) is 74.5 cm³/mol. The number of hydrogen-bond acceptors (Lipinski definition) is 3. The molecule has 7 heteroatoms. The van der Waals surface area contributed by atoms with Crippen LogP contribution in [0, 0.1) is 12.7 Å². The minimum Gasteiger partial charge on any atom is -0.392 e. The van der Waals surface area contributed by atoms with Gasteiger partial charge in [-0.05, 0) is 37.1 Å². The zero-order valence-electron chi connectivity index (χ0n) is 10.1. The van der Waals surface area contributed by atoms with Crippen molar-refractivity contribution in [1.82, 2.24) is 0 Å². The van der Waals surface area contributed by atoms with Crippen LogP contribution in [0.15, 0.2) is 18.2 Å². The Labute approximate surface area is 111 Å². The third-order valence-corrected chi connectivity index (χ3v) is 4.78. The fraction of sp³-hybridized carbons (Fsp3) is 0.364. The zero-order chi connectivity index (χ0) is 13.9. The summed E-state index contributed by atoms with van der Waals surface area (Å²) >= 11 is 4.73. The van der Waals surface area contributed by atoms with Gasteiger partial charge in [-0.25, -0.2) is 12.8 Å². The summed E-state index contributed by atoms with van der Waals surface area (Å²) < 4.78 is 39.4. The number of rotatable bonds is 5. The highest BCUT2D eigenvalue weighted by atomic mass is 32.2. The van der Waals surface area contributed by atoms with Crippen molar-refractivity contribution in [3.8, 4) is 0 Å². The van der Waals surface area contributed by atoms with Crippen molar-refractivity contribution in [2.24, 2.45) is 5.73 Å². The van der Waals surface area contributed by atoms with Crippen LogP contribution in [-0.4, -0.2) is 18.7 Å². The Morgan fingerprint density at radius 2 is 2.17 bits per heavy atom. The molecule has 1 aromatic carbocycles. The molecule has 4 nitrogen and oxygen atoms in total. The summed E-state index contributed by atoms with van der Waals surface area (Å²) in [6.45, 7) is 3.29. The largest absolute Gasteiger partial charge is 0.392 e. The van der Waals surface area contributed by atoms with E-state index < -0.39 is 21.1 Å². The highest BCUT2D eigenvalue weighted by Crippen LogP contribution is 2.19. The normalized spacial score (nSPS) is 13.1. The van der Waals surface area contributed by atoms with Crippen LogP contribution >= 0.6 is 12.2 Å². The van der Waals surface area contributed by atoms with E-state index in [1.54, 1.807) is 13.8 Å². The summed E-state index contributed by atoms with van der Waals surface area (Å²) in [7, 11) is -3.70. The van der Waals surface area contributed by atoms with Gasteiger partial charge in [0.15, 0.2) is 0 Å². The highest BCUT2D eigenvalue weighted by molar-refractivity contribution is 7.95. The number of thiocarbonyl (C=S) groups is 1. The van der Waals surface area contributed by atoms with Crippen LogP contribution in [0.2, 0.25) is 0 Å². The lowest BCUT2D eigenvalue weighted by molar-refractivity contribution is 0.594. The number of anilines is 1. The van der Waals surface area contributed by atoms with Crippen LogP contribution in [0.1, 0.15) is 18.9 Å². The topological polar surface area (TPSA) is 72.2 Å².